The molecule has 6 heteroatoms. The Kier molecular flexibility index (Phi) is 6.34. The van der Waals surface area contributed by atoms with E-state index in [1.807, 2.05) is 17.0 Å². The number of rotatable bonds is 6. The van der Waals surface area contributed by atoms with Crippen molar-refractivity contribution < 1.29 is 14.3 Å². The molecule has 1 N–H and O–H groups in total. The summed E-state index contributed by atoms with van der Waals surface area (Å²) in [6.45, 7) is 4.77. The van der Waals surface area contributed by atoms with E-state index < -0.39 is 0 Å². The maximum Gasteiger partial charge on any atom is 0.222 e. The minimum atomic E-state index is 0. The highest BCUT2D eigenvalue weighted by Gasteiger charge is 2.18. The summed E-state index contributed by atoms with van der Waals surface area (Å²) in [6.07, 6.45) is 2.74. The molecule has 0 spiro atoms. The van der Waals surface area contributed by atoms with Crippen molar-refractivity contribution in [3.05, 3.63) is 23.8 Å². The van der Waals surface area contributed by atoms with Gasteiger partial charge < -0.3 is 19.7 Å². The fourth-order valence-corrected chi connectivity index (χ4v) is 2.77. The zero-order valence-corrected chi connectivity index (χ0v) is 13.5. The third-order valence-electron chi connectivity index (χ3n) is 3.89. The van der Waals surface area contributed by atoms with Crippen molar-refractivity contribution in [2.45, 2.75) is 25.8 Å². The van der Waals surface area contributed by atoms with E-state index >= 15 is 0 Å². The molecule has 0 atom stereocenters. The van der Waals surface area contributed by atoms with Gasteiger partial charge in [-0.05, 0) is 37.1 Å². The molecule has 2 aliphatic rings. The van der Waals surface area contributed by atoms with E-state index in [1.54, 1.807) is 0 Å². The van der Waals surface area contributed by atoms with Crippen LogP contribution in [0.3, 0.4) is 0 Å². The van der Waals surface area contributed by atoms with Crippen molar-refractivity contribution in [3.63, 3.8) is 0 Å². The van der Waals surface area contributed by atoms with Crippen LogP contribution in [0.25, 0.3) is 0 Å². The van der Waals surface area contributed by atoms with Gasteiger partial charge in [0.2, 0.25) is 5.91 Å². The van der Waals surface area contributed by atoms with E-state index in [0.29, 0.717) is 19.1 Å². The highest BCUT2D eigenvalue weighted by molar-refractivity contribution is 5.85. The van der Waals surface area contributed by atoms with Crippen LogP contribution in [0.2, 0.25) is 0 Å². The molecule has 0 bridgehead atoms. The van der Waals surface area contributed by atoms with E-state index in [-0.39, 0.29) is 12.4 Å². The number of amides is 1. The van der Waals surface area contributed by atoms with E-state index in [9.17, 15) is 4.79 Å². The Hall–Kier alpha value is -1.46. The highest BCUT2D eigenvalue weighted by Crippen LogP contribution is 2.30. The standard InChI is InChI=1S/C16H22N2O3.ClH/c19-16-3-1-7-18(16)8-2-6-17-12-13-4-5-14-15(11-13)21-10-9-20-14;/h4-5,11,17H,1-3,6-10,12H2;1H. The third kappa shape index (κ3) is 4.27. The number of halogens is 1. The molecule has 1 amide bonds. The summed E-state index contributed by atoms with van der Waals surface area (Å²) in [5.74, 6) is 1.97. The minimum Gasteiger partial charge on any atom is -0.486 e. The number of likely N-dealkylation sites (tertiary alicyclic amines) is 1. The second-order valence-electron chi connectivity index (χ2n) is 5.49. The molecule has 22 heavy (non-hydrogen) atoms. The Balaban J connectivity index is 0.00000176. The summed E-state index contributed by atoms with van der Waals surface area (Å²) >= 11 is 0. The largest absolute Gasteiger partial charge is 0.486 e. The van der Waals surface area contributed by atoms with Crippen molar-refractivity contribution in [1.29, 1.82) is 0 Å². The molecule has 5 nitrogen and oxygen atoms in total. The van der Waals surface area contributed by atoms with Crippen LogP contribution >= 0.6 is 12.4 Å². The van der Waals surface area contributed by atoms with Crippen molar-refractivity contribution in [2.24, 2.45) is 0 Å². The molecule has 0 radical (unpaired) electrons. The predicted molar refractivity (Wildman–Crippen MR) is 86.8 cm³/mol. The van der Waals surface area contributed by atoms with Gasteiger partial charge in [0.15, 0.2) is 11.5 Å². The van der Waals surface area contributed by atoms with Crippen LogP contribution in [-0.4, -0.2) is 43.7 Å². The van der Waals surface area contributed by atoms with Crippen LogP contribution in [0.4, 0.5) is 0 Å². The summed E-state index contributed by atoms with van der Waals surface area (Å²) in [4.78, 5) is 13.4. The molecule has 1 aromatic carbocycles. The van der Waals surface area contributed by atoms with Gasteiger partial charge in [0.1, 0.15) is 13.2 Å². The summed E-state index contributed by atoms with van der Waals surface area (Å²) < 4.78 is 11.1. The predicted octanol–water partition coefficient (Wildman–Crippen LogP) is 1.98. The Bertz CT molecular complexity index is 510. The summed E-state index contributed by atoms with van der Waals surface area (Å²) in [5, 5.41) is 3.41. The van der Waals surface area contributed by atoms with Crippen LogP contribution in [0, 0.1) is 0 Å². The lowest BCUT2D eigenvalue weighted by Crippen LogP contribution is -2.28. The van der Waals surface area contributed by atoms with Crippen LogP contribution in [0.1, 0.15) is 24.8 Å². The van der Waals surface area contributed by atoms with Crippen molar-refractivity contribution >= 4 is 18.3 Å². The Morgan fingerprint density at radius 1 is 1.18 bits per heavy atom. The van der Waals surface area contributed by atoms with Crippen molar-refractivity contribution in [1.82, 2.24) is 10.2 Å². The van der Waals surface area contributed by atoms with Gasteiger partial charge in [-0.1, -0.05) is 6.07 Å². The van der Waals surface area contributed by atoms with Crippen LogP contribution in [0.15, 0.2) is 18.2 Å². The number of nitrogens with one attached hydrogen (secondary N) is 1. The maximum atomic E-state index is 11.5. The Labute approximate surface area is 137 Å². The van der Waals surface area contributed by atoms with E-state index in [0.717, 1.165) is 56.9 Å². The maximum absolute atomic E-state index is 11.5. The number of fused-ring (bicyclic) bond motifs is 1. The summed E-state index contributed by atoms with van der Waals surface area (Å²) in [7, 11) is 0. The fraction of sp³-hybridized carbons (Fsp3) is 0.562. The fourth-order valence-electron chi connectivity index (χ4n) is 2.77. The lowest BCUT2D eigenvalue weighted by molar-refractivity contribution is -0.127. The molecule has 1 saturated heterocycles. The average Bonchev–Trinajstić information content (AvgIpc) is 2.92. The zero-order chi connectivity index (χ0) is 14.5. The minimum absolute atomic E-state index is 0. The highest BCUT2D eigenvalue weighted by atomic mass is 35.5. The Morgan fingerprint density at radius 3 is 2.77 bits per heavy atom. The molecule has 122 valence electrons. The van der Waals surface area contributed by atoms with E-state index in [2.05, 4.69) is 11.4 Å². The lowest BCUT2D eigenvalue weighted by Gasteiger charge is -2.19. The van der Waals surface area contributed by atoms with Crippen molar-refractivity contribution in [2.75, 3.05) is 32.8 Å². The quantitative estimate of drug-likeness (QED) is 0.812. The molecular formula is C16H23ClN2O3. The second-order valence-corrected chi connectivity index (χ2v) is 5.49. The lowest BCUT2D eigenvalue weighted by atomic mass is 10.2. The molecule has 0 saturated carbocycles. The van der Waals surface area contributed by atoms with Crippen LogP contribution in [0.5, 0.6) is 11.5 Å². The number of nitrogens with zero attached hydrogens (tertiary/aromatic N) is 1. The molecule has 0 unspecified atom stereocenters. The second kappa shape index (κ2) is 8.25. The molecule has 2 aliphatic heterocycles. The van der Waals surface area contributed by atoms with Gasteiger partial charge in [-0.25, -0.2) is 0 Å². The first-order valence-electron chi connectivity index (χ1n) is 7.70. The first-order valence-corrected chi connectivity index (χ1v) is 7.70. The first-order chi connectivity index (χ1) is 10.3. The molecular weight excluding hydrogens is 304 g/mol. The molecule has 1 fully saturated rings. The van der Waals surface area contributed by atoms with Gasteiger partial charge in [-0.15, -0.1) is 12.4 Å². The SMILES string of the molecule is Cl.O=C1CCCN1CCCNCc1ccc2c(c1)OCCO2. The number of hydrogen-bond donors (Lipinski definition) is 1. The van der Waals surface area contributed by atoms with Crippen LogP contribution in [-0.2, 0) is 11.3 Å². The average molecular weight is 327 g/mol. The number of ether oxygens (including phenoxy) is 2. The number of hydrogen-bond acceptors (Lipinski definition) is 4. The van der Waals surface area contributed by atoms with Crippen molar-refractivity contribution in [3.8, 4) is 11.5 Å². The van der Waals surface area contributed by atoms with Gasteiger partial charge >= 0.3 is 0 Å². The normalized spacial score (nSPS) is 16.5. The third-order valence-corrected chi connectivity index (χ3v) is 3.89. The molecule has 1 aromatic rings. The van der Waals surface area contributed by atoms with E-state index in [1.165, 1.54) is 5.56 Å². The molecule has 3 rings (SSSR count). The van der Waals surface area contributed by atoms with Gasteiger partial charge in [0, 0.05) is 26.1 Å². The zero-order valence-electron chi connectivity index (χ0n) is 12.7. The molecule has 0 aromatic heterocycles. The number of carbonyl (C=O) groups is 1. The molecule has 2 heterocycles. The number of carbonyl (C=O) groups excluding carboxylic acids is 1. The van der Waals surface area contributed by atoms with Gasteiger partial charge in [0.25, 0.3) is 0 Å². The summed E-state index contributed by atoms with van der Waals surface area (Å²) in [6, 6.07) is 6.06. The topological polar surface area (TPSA) is 50.8 Å². The van der Waals surface area contributed by atoms with Gasteiger partial charge in [0.05, 0.1) is 0 Å². The van der Waals surface area contributed by atoms with Crippen LogP contribution < -0.4 is 14.8 Å². The molecule has 0 aliphatic carbocycles. The van der Waals surface area contributed by atoms with Gasteiger partial charge in [-0.3, -0.25) is 4.79 Å². The number of benzene rings is 1. The summed E-state index contributed by atoms with van der Waals surface area (Å²) in [5.41, 5.74) is 1.19. The van der Waals surface area contributed by atoms with Gasteiger partial charge in [-0.2, -0.15) is 0 Å². The van der Waals surface area contributed by atoms with E-state index in [4.69, 9.17) is 9.47 Å². The Morgan fingerprint density at radius 2 is 2.00 bits per heavy atom. The monoisotopic (exact) mass is 326 g/mol. The smallest absolute Gasteiger partial charge is 0.222 e. The first kappa shape index (κ1) is 16.9.